The fourth-order valence-corrected chi connectivity index (χ4v) is 2.97. The standard InChI is InChI=1S/C16H11BrFN5/c17-12-3-1-2-11(8-12)14-9-15(10-4-6-13(18)7-5-10)23-16(19-14)20-21-22-23/h1-9,15H,(H,19,20,22). The maximum Gasteiger partial charge on any atom is 0.248 e. The number of anilines is 1. The van der Waals surface area contributed by atoms with Crippen LogP contribution >= 0.6 is 15.9 Å². The molecule has 23 heavy (non-hydrogen) atoms. The molecule has 0 bridgehead atoms. The number of aromatic nitrogens is 4. The molecule has 1 unspecified atom stereocenters. The number of allylic oxidation sites excluding steroid dienone is 1. The van der Waals surface area contributed by atoms with Gasteiger partial charge in [0.25, 0.3) is 0 Å². The highest BCUT2D eigenvalue weighted by Gasteiger charge is 2.24. The van der Waals surface area contributed by atoms with Crippen LogP contribution in [-0.2, 0) is 0 Å². The number of benzene rings is 2. The van der Waals surface area contributed by atoms with Crippen LogP contribution in [0.1, 0.15) is 17.2 Å². The van der Waals surface area contributed by atoms with Crippen LogP contribution in [0.15, 0.2) is 59.1 Å². The zero-order valence-electron chi connectivity index (χ0n) is 11.8. The second-order valence-electron chi connectivity index (χ2n) is 5.16. The van der Waals surface area contributed by atoms with Crippen molar-refractivity contribution in [2.75, 3.05) is 5.32 Å². The molecule has 3 aromatic rings. The molecule has 114 valence electrons. The number of hydrogen-bond acceptors (Lipinski definition) is 4. The van der Waals surface area contributed by atoms with E-state index in [1.165, 1.54) is 12.1 Å². The number of tetrazole rings is 1. The van der Waals surface area contributed by atoms with Gasteiger partial charge in [0, 0.05) is 10.2 Å². The fourth-order valence-electron chi connectivity index (χ4n) is 2.58. The molecule has 1 aliphatic heterocycles. The Bertz CT molecular complexity index is 887. The zero-order valence-corrected chi connectivity index (χ0v) is 13.4. The first-order valence-corrected chi connectivity index (χ1v) is 7.78. The first-order valence-electron chi connectivity index (χ1n) is 6.99. The predicted octanol–water partition coefficient (Wildman–Crippen LogP) is 3.63. The van der Waals surface area contributed by atoms with Gasteiger partial charge in [-0.2, -0.15) is 4.68 Å². The van der Waals surface area contributed by atoms with Crippen molar-refractivity contribution in [3.8, 4) is 0 Å². The third-order valence-electron chi connectivity index (χ3n) is 3.67. The molecule has 2 heterocycles. The molecule has 1 atom stereocenters. The Labute approximate surface area is 140 Å². The lowest BCUT2D eigenvalue weighted by molar-refractivity contribution is 0.582. The maximum atomic E-state index is 13.2. The topological polar surface area (TPSA) is 55.6 Å². The second kappa shape index (κ2) is 5.58. The van der Waals surface area contributed by atoms with Crippen molar-refractivity contribution in [1.29, 1.82) is 0 Å². The van der Waals surface area contributed by atoms with Gasteiger partial charge in [0.15, 0.2) is 0 Å². The molecule has 0 aliphatic carbocycles. The van der Waals surface area contributed by atoms with Gasteiger partial charge in [-0.05, 0) is 51.9 Å². The number of nitrogens with zero attached hydrogens (tertiary/aromatic N) is 4. The third-order valence-corrected chi connectivity index (χ3v) is 4.17. The number of halogens is 2. The number of nitrogens with one attached hydrogen (secondary N) is 1. The normalized spacial score (nSPS) is 16.4. The molecular formula is C16H11BrFN5. The Morgan fingerprint density at radius 1 is 1.13 bits per heavy atom. The Balaban J connectivity index is 1.81. The van der Waals surface area contributed by atoms with Crippen molar-refractivity contribution >= 4 is 27.6 Å². The van der Waals surface area contributed by atoms with Crippen LogP contribution in [0.3, 0.4) is 0 Å². The molecule has 0 radical (unpaired) electrons. The van der Waals surface area contributed by atoms with Gasteiger partial charge in [0.05, 0.1) is 0 Å². The van der Waals surface area contributed by atoms with E-state index < -0.39 is 0 Å². The van der Waals surface area contributed by atoms with Crippen molar-refractivity contribution in [2.24, 2.45) is 0 Å². The van der Waals surface area contributed by atoms with E-state index in [0.29, 0.717) is 5.95 Å². The minimum absolute atomic E-state index is 0.198. The van der Waals surface area contributed by atoms with Crippen molar-refractivity contribution in [1.82, 2.24) is 20.2 Å². The molecule has 1 aromatic heterocycles. The van der Waals surface area contributed by atoms with Crippen molar-refractivity contribution in [3.05, 3.63) is 76.0 Å². The average Bonchev–Trinajstić information content (AvgIpc) is 3.03. The average molecular weight is 372 g/mol. The van der Waals surface area contributed by atoms with Crippen LogP contribution in [0.25, 0.3) is 5.70 Å². The summed E-state index contributed by atoms with van der Waals surface area (Å²) in [7, 11) is 0. The van der Waals surface area contributed by atoms with Crippen molar-refractivity contribution in [2.45, 2.75) is 6.04 Å². The van der Waals surface area contributed by atoms with Gasteiger partial charge in [-0.1, -0.05) is 45.3 Å². The molecule has 0 amide bonds. The lowest BCUT2D eigenvalue weighted by Gasteiger charge is -2.23. The van der Waals surface area contributed by atoms with Crippen LogP contribution < -0.4 is 5.32 Å². The molecular weight excluding hydrogens is 361 g/mol. The summed E-state index contributed by atoms with van der Waals surface area (Å²) in [4.78, 5) is 0. The molecule has 0 saturated carbocycles. The largest absolute Gasteiger partial charge is 0.323 e. The van der Waals surface area contributed by atoms with Gasteiger partial charge in [-0.15, -0.1) is 0 Å². The Kier molecular flexibility index (Phi) is 3.42. The summed E-state index contributed by atoms with van der Waals surface area (Å²) >= 11 is 3.48. The summed E-state index contributed by atoms with van der Waals surface area (Å²) in [5.41, 5.74) is 2.83. The van der Waals surface area contributed by atoms with Crippen LogP contribution in [0.4, 0.5) is 10.3 Å². The molecule has 5 nitrogen and oxygen atoms in total. The number of hydrogen-bond donors (Lipinski definition) is 1. The van der Waals surface area contributed by atoms with E-state index in [-0.39, 0.29) is 11.9 Å². The fraction of sp³-hybridized carbons (Fsp3) is 0.0625. The van der Waals surface area contributed by atoms with E-state index in [0.717, 1.165) is 21.3 Å². The molecule has 0 saturated heterocycles. The molecule has 1 N–H and O–H groups in total. The first-order chi connectivity index (χ1) is 11.2. The van der Waals surface area contributed by atoms with Crippen LogP contribution in [0, 0.1) is 5.82 Å². The Morgan fingerprint density at radius 3 is 2.74 bits per heavy atom. The van der Waals surface area contributed by atoms with Crippen LogP contribution in [-0.4, -0.2) is 20.2 Å². The summed E-state index contributed by atoms with van der Waals surface area (Å²) in [5.74, 6) is 0.285. The van der Waals surface area contributed by atoms with E-state index in [1.54, 1.807) is 16.8 Å². The van der Waals surface area contributed by atoms with Crippen molar-refractivity contribution in [3.63, 3.8) is 0 Å². The summed E-state index contributed by atoms with van der Waals surface area (Å²) in [5, 5.41) is 15.0. The summed E-state index contributed by atoms with van der Waals surface area (Å²) in [6.07, 6.45) is 2.03. The molecule has 0 spiro atoms. The van der Waals surface area contributed by atoms with E-state index in [2.05, 4.69) is 36.8 Å². The highest BCUT2D eigenvalue weighted by Crippen LogP contribution is 2.32. The monoisotopic (exact) mass is 371 g/mol. The molecule has 0 fully saturated rings. The van der Waals surface area contributed by atoms with Gasteiger partial charge < -0.3 is 5.32 Å². The SMILES string of the molecule is Fc1ccc(C2C=C(c3cccc(Br)c3)Nc3nnnn32)cc1. The van der Waals surface area contributed by atoms with E-state index in [1.807, 2.05) is 30.3 Å². The lowest BCUT2D eigenvalue weighted by atomic mass is 10.0. The predicted molar refractivity (Wildman–Crippen MR) is 88.1 cm³/mol. The highest BCUT2D eigenvalue weighted by atomic mass is 79.9. The first kappa shape index (κ1) is 14.1. The molecule has 4 rings (SSSR count). The zero-order chi connectivity index (χ0) is 15.8. The van der Waals surface area contributed by atoms with Gasteiger partial charge in [-0.25, -0.2) is 4.39 Å². The molecule has 1 aliphatic rings. The van der Waals surface area contributed by atoms with E-state index in [4.69, 9.17) is 0 Å². The van der Waals surface area contributed by atoms with Gasteiger partial charge in [0.1, 0.15) is 11.9 Å². The third kappa shape index (κ3) is 2.63. The number of rotatable bonds is 2. The Morgan fingerprint density at radius 2 is 1.96 bits per heavy atom. The quantitative estimate of drug-likeness (QED) is 0.747. The smallest absolute Gasteiger partial charge is 0.248 e. The van der Waals surface area contributed by atoms with Gasteiger partial charge >= 0.3 is 0 Å². The van der Waals surface area contributed by atoms with Crippen LogP contribution in [0.2, 0.25) is 0 Å². The summed E-state index contributed by atoms with van der Waals surface area (Å²) < 4.78 is 15.9. The maximum absolute atomic E-state index is 13.2. The highest BCUT2D eigenvalue weighted by molar-refractivity contribution is 9.10. The minimum Gasteiger partial charge on any atom is -0.323 e. The minimum atomic E-state index is -0.268. The number of fused-ring (bicyclic) bond motifs is 1. The van der Waals surface area contributed by atoms with Crippen LogP contribution in [0.5, 0.6) is 0 Å². The summed E-state index contributed by atoms with van der Waals surface area (Å²) in [6.45, 7) is 0. The Hall–Kier alpha value is -2.54. The van der Waals surface area contributed by atoms with Gasteiger partial charge in [0.2, 0.25) is 5.95 Å². The lowest BCUT2D eigenvalue weighted by Crippen LogP contribution is -2.20. The second-order valence-corrected chi connectivity index (χ2v) is 6.07. The van der Waals surface area contributed by atoms with Gasteiger partial charge in [-0.3, -0.25) is 0 Å². The molecule has 7 heteroatoms. The van der Waals surface area contributed by atoms with Crippen molar-refractivity contribution < 1.29 is 4.39 Å². The summed E-state index contributed by atoms with van der Waals surface area (Å²) in [6, 6.07) is 14.1. The molecule has 2 aromatic carbocycles. The van der Waals surface area contributed by atoms with E-state index in [9.17, 15) is 4.39 Å². The van der Waals surface area contributed by atoms with E-state index >= 15 is 0 Å².